The fourth-order valence-corrected chi connectivity index (χ4v) is 2.83. The molecule has 1 unspecified atom stereocenters. The summed E-state index contributed by atoms with van der Waals surface area (Å²) in [6.45, 7) is 1.25. The molecule has 0 aliphatic carbocycles. The summed E-state index contributed by atoms with van der Waals surface area (Å²) in [5.74, 6) is 0.0108. The summed E-state index contributed by atoms with van der Waals surface area (Å²) in [6.07, 6.45) is 4.98. The first-order chi connectivity index (χ1) is 11.7. The molecule has 0 radical (unpaired) electrons. The lowest BCUT2D eigenvalue weighted by Gasteiger charge is -2.33. The van der Waals surface area contributed by atoms with Gasteiger partial charge in [-0.05, 0) is 37.1 Å². The predicted octanol–water partition coefficient (Wildman–Crippen LogP) is 2.51. The highest BCUT2D eigenvalue weighted by molar-refractivity contribution is 5.94. The third kappa shape index (κ3) is 4.10. The number of rotatable bonds is 3. The zero-order valence-electron chi connectivity index (χ0n) is 13.3. The Labute approximate surface area is 140 Å². The first-order valence-electron chi connectivity index (χ1n) is 8.04. The van der Waals surface area contributed by atoms with Crippen molar-refractivity contribution in [3.8, 4) is 0 Å². The van der Waals surface area contributed by atoms with Crippen LogP contribution in [0.3, 0.4) is 0 Å². The quantitative estimate of drug-likeness (QED) is 0.911. The van der Waals surface area contributed by atoms with Gasteiger partial charge in [0.25, 0.3) is 5.91 Å². The maximum atomic E-state index is 12.5. The van der Waals surface area contributed by atoms with Crippen molar-refractivity contribution in [2.75, 3.05) is 18.4 Å². The van der Waals surface area contributed by atoms with Crippen molar-refractivity contribution in [3.63, 3.8) is 0 Å². The lowest BCUT2D eigenvalue weighted by atomic mass is 10.0. The van der Waals surface area contributed by atoms with Crippen molar-refractivity contribution in [2.24, 2.45) is 0 Å². The molecule has 2 aromatic rings. The Kier molecular flexibility index (Phi) is 5.05. The number of aromatic nitrogens is 1. The Morgan fingerprint density at radius 1 is 1.08 bits per heavy atom. The largest absolute Gasteiger partial charge is 0.337 e. The molecule has 1 aromatic carbocycles. The third-order valence-electron chi connectivity index (χ3n) is 4.00. The minimum absolute atomic E-state index is 0.0108. The first-order valence-corrected chi connectivity index (χ1v) is 8.04. The van der Waals surface area contributed by atoms with Crippen LogP contribution in [0.15, 0.2) is 54.9 Å². The second kappa shape index (κ2) is 7.59. The molecule has 24 heavy (non-hydrogen) atoms. The zero-order chi connectivity index (χ0) is 16.8. The molecule has 6 heteroatoms. The van der Waals surface area contributed by atoms with Crippen LogP contribution in [-0.4, -0.2) is 41.0 Å². The molecule has 1 aromatic heterocycles. The van der Waals surface area contributed by atoms with Crippen molar-refractivity contribution in [1.82, 2.24) is 15.2 Å². The number of nitrogens with zero attached hydrogens (tertiary/aromatic N) is 2. The smallest absolute Gasteiger partial charge is 0.319 e. The number of anilines is 1. The van der Waals surface area contributed by atoms with Gasteiger partial charge in [-0.25, -0.2) is 4.79 Å². The van der Waals surface area contributed by atoms with Crippen molar-refractivity contribution in [1.29, 1.82) is 0 Å². The number of likely N-dealkylation sites (tertiary alicyclic amines) is 1. The maximum absolute atomic E-state index is 12.5. The monoisotopic (exact) mass is 324 g/mol. The SMILES string of the molecule is O=C(Nc1ccncc1)NC1CCCN(C(=O)c2ccccc2)C1. The van der Waals surface area contributed by atoms with Gasteiger partial charge in [-0.3, -0.25) is 9.78 Å². The number of piperidine rings is 1. The summed E-state index contributed by atoms with van der Waals surface area (Å²) in [6, 6.07) is 12.4. The van der Waals surface area contributed by atoms with Gasteiger partial charge in [0.2, 0.25) is 0 Å². The molecule has 1 aliphatic rings. The number of amides is 3. The van der Waals surface area contributed by atoms with Crippen LogP contribution in [0, 0.1) is 0 Å². The molecule has 1 atom stereocenters. The van der Waals surface area contributed by atoms with Gasteiger partial charge < -0.3 is 15.5 Å². The summed E-state index contributed by atoms with van der Waals surface area (Å²) in [7, 11) is 0. The van der Waals surface area contributed by atoms with E-state index in [1.165, 1.54) is 0 Å². The molecule has 3 rings (SSSR count). The van der Waals surface area contributed by atoms with E-state index in [2.05, 4.69) is 15.6 Å². The van der Waals surface area contributed by atoms with Gasteiger partial charge in [0.15, 0.2) is 0 Å². The lowest BCUT2D eigenvalue weighted by molar-refractivity contribution is 0.0698. The molecular formula is C18H20N4O2. The number of carbonyl (C=O) groups excluding carboxylic acids is 2. The minimum Gasteiger partial charge on any atom is -0.337 e. The average Bonchev–Trinajstić information content (AvgIpc) is 2.63. The van der Waals surface area contributed by atoms with Gasteiger partial charge in [0, 0.05) is 42.8 Å². The van der Waals surface area contributed by atoms with Gasteiger partial charge >= 0.3 is 6.03 Å². The average molecular weight is 324 g/mol. The van der Waals surface area contributed by atoms with Crippen LogP contribution < -0.4 is 10.6 Å². The zero-order valence-corrected chi connectivity index (χ0v) is 13.3. The van der Waals surface area contributed by atoms with E-state index in [0.717, 1.165) is 19.4 Å². The summed E-state index contributed by atoms with van der Waals surface area (Å²) < 4.78 is 0. The standard InChI is InChI=1S/C18H20N4O2/c23-17(14-5-2-1-3-6-14)22-12-4-7-16(13-22)21-18(24)20-15-8-10-19-11-9-15/h1-3,5-6,8-11,16H,4,7,12-13H2,(H2,19,20,21,24). The van der Waals surface area contributed by atoms with Crippen LogP contribution in [0.2, 0.25) is 0 Å². The Morgan fingerprint density at radius 2 is 1.83 bits per heavy atom. The molecule has 1 saturated heterocycles. The Hall–Kier alpha value is -2.89. The van der Waals surface area contributed by atoms with Gasteiger partial charge in [0.1, 0.15) is 0 Å². The lowest BCUT2D eigenvalue weighted by Crippen LogP contribution is -2.50. The number of hydrogen-bond donors (Lipinski definition) is 2. The van der Waals surface area contributed by atoms with Crippen LogP contribution in [0.5, 0.6) is 0 Å². The maximum Gasteiger partial charge on any atom is 0.319 e. The normalized spacial score (nSPS) is 17.2. The van der Waals surface area contributed by atoms with Gasteiger partial charge in [-0.15, -0.1) is 0 Å². The molecule has 3 amide bonds. The molecule has 2 heterocycles. The first kappa shape index (κ1) is 16.0. The van der Waals surface area contributed by atoms with E-state index in [1.54, 1.807) is 29.4 Å². The van der Waals surface area contributed by atoms with E-state index in [9.17, 15) is 9.59 Å². The molecule has 2 N–H and O–H groups in total. The topological polar surface area (TPSA) is 74.3 Å². The molecule has 0 saturated carbocycles. The Bertz CT molecular complexity index is 691. The molecule has 0 spiro atoms. The van der Waals surface area contributed by atoms with Crippen LogP contribution in [0.4, 0.5) is 10.5 Å². The fourth-order valence-electron chi connectivity index (χ4n) is 2.83. The van der Waals surface area contributed by atoms with Crippen molar-refractivity contribution < 1.29 is 9.59 Å². The van der Waals surface area contributed by atoms with E-state index in [-0.39, 0.29) is 18.0 Å². The number of carbonyl (C=O) groups is 2. The number of benzene rings is 1. The van der Waals surface area contributed by atoms with Gasteiger partial charge in [-0.1, -0.05) is 18.2 Å². The third-order valence-corrected chi connectivity index (χ3v) is 4.00. The number of hydrogen-bond acceptors (Lipinski definition) is 3. The number of nitrogens with one attached hydrogen (secondary N) is 2. The molecule has 1 aliphatic heterocycles. The van der Waals surface area contributed by atoms with Gasteiger partial charge in [-0.2, -0.15) is 0 Å². The molecule has 0 bridgehead atoms. The Morgan fingerprint density at radius 3 is 2.58 bits per heavy atom. The summed E-state index contributed by atoms with van der Waals surface area (Å²) in [4.78, 5) is 30.3. The Balaban J connectivity index is 1.55. The minimum atomic E-state index is -0.264. The summed E-state index contributed by atoms with van der Waals surface area (Å²) >= 11 is 0. The van der Waals surface area contributed by atoms with E-state index < -0.39 is 0 Å². The van der Waals surface area contributed by atoms with Gasteiger partial charge in [0.05, 0.1) is 0 Å². The summed E-state index contributed by atoms with van der Waals surface area (Å²) in [5.41, 5.74) is 1.37. The second-order valence-corrected chi connectivity index (χ2v) is 5.79. The van der Waals surface area contributed by atoms with E-state index in [4.69, 9.17) is 0 Å². The fraction of sp³-hybridized carbons (Fsp3) is 0.278. The number of pyridine rings is 1. The van der Waals surface area contributed by atoms with Crippen molar-refractivity contribution in [3.05, 3.63) is 60.4 Å². The second-order valence-electron chi connectivity index (χ2n) is 5.79. The number of urea groups is 1. The highest BCUT2D eigenvalue weighted by Gasteiger charge is 2.25. The highest BCUT2D eigenvalue weighted by atomic mass is 16.2. The van der Waals surface area contributed by atoms with Crippen LogP contribution in [-0.2, 0) is 0 Å². The van der Waals surface area contributed by atoms with Crippen LogP contribution in [0.25, 0.3) is 0 Å². The van der Waals surface area contributed by atoms with E-state index in [1.807, 2.05) is 30.3 Å². The van der Waals surface area contributed by atoms with E-state index >= 15 is 0 Å². The molecular weight excluding hydrogens is 304 g/mol. The highest BCUT2D eigenvalue weighted by Crippen LogP contribution is 2.14. The molecule has 124 valence electrons. The molecule has 1 fully saturated rings. The van der Waals surface area contributed by atoms with E-state index in [0.29, 0.717) is 17.8 Å². The van der Waals surface area contributed by atoms with Crippen molar-refractivity contribution in [2.45, 2.75) is 18.9 Å². The van der Waals surface area contributed by atoms with Crippen molar-refractivity contribution >= 4 is 17.6 Å². The van der Waals surface area contributed by atoms with Crippen LogP contribution in [0.1, 0.15) is 23.2 Å². The predicted molar refractivity (Wildman–Crippen MR) is 91.8 cm³/mol. The van der Waals surface area contributed by atoms with Crippen LogP contribution >= 0.6 is 0 Å². The molecule has 6 nitrogen and oxygen atoms in total. The summed E-state index contributed by atoms with van der Waals surface area (Å²) in [5, 5.41) is 5.71.